The number of fused-ring (bicyclic) bond motifs is 3. The van der Waals surface area contributed by atoms with Gasteiger partial charge in [-0.2, -0.15) is 0 Å². The first-order chi connectivity index (χ1) is 12.2. The molecule has 0 radical (unpaired) electrons. The molecule has 1 aliphatic rings. The highest BCUT2D eigenvalue weighted by molar-refractivity contribution is 7.99. The first-order valence-corrected chi connectivity index (χ1v) is 10.8. The maximum atomic E-state index is 13.2. The average molecular weight is 391 g/mol. The Hall–Kier alpha value is -1.40. The molecular weight excluding hydrogens is 364 g/mol. The molecule has 2 heterocycles. The van der Waals surface area contributed by atoms with Crippen molar-refractivity contribution in [1.29, 1.82) is 0 Å². The van der Waals surface area contributed by atoms with Gasteiger partial charge in [-0.1, -0.05) is 45.5 Å². The molecule has 0 saturated carbocycles. The second-order valence-electron chi connectivity index (χ2n) is 8.09. The van der Waals surface area contributed by atoms with E-state index in [1.165, 1.54) is 22.2 Å². The van der Waals surface area contributed by atoms with E-state index < -0.39 is 5.41 Å². The molecule has 6 heteroatoms. The van der Waals surface area contributed by atoms with Gasteiger partial charge in [-0.25, -0.2) is 4.98 Å². The lowest BCUT2D eigenvalue weighted by Crippen LogP contribution is -2.25. The summed E-state index contributed by atoms with van der Waals surface area (Å²) >= 11 is 3.01. The third-order valence-corrected chi connectivity index (χ3v) is 6.99. The van der Waals surface area contributed by atoms with Gasteiger partial charge in [0.1, 0.15) is 10.6 Å². The van der Waals surface area contributed by atoms with Crippen LogP contribution in [0.5, 0.6) is 0 Å². The molecule has 0 spiro atoms. The molecule has 140 valence electrons. The average Bonchev–Trinajstić information content (AvgIpc) is 2.92. The van der Waals surface area contributed by atoms with Crippen molar-refractivity contribution < 1.29 is 4.79 Å². The largest absolute Gasteiger partial charge is 0.298 e. The Balaban J connectivity index is 2.05. The molecule has 2 aromatic heterocycles. The summed E-state index contributed by atoms with van der Waals surface area (Å²) in [6.45, 7) is 12.2. The number of rotatable bonds is 5. The fraction of sp³-hybridized carbons (Fsp3) is 0.550. The van der Waals surface area contributed by atoms with E-state index in [0.717, 1.165) is 29.5 Å². The first-order valence-electron chi connectivity index (χ1n) is 9.04. The van der Waals surface area contributed by atoms with Crippen molar-refractivity contribution >= 4 is 39.1 Å². The number of allylic oxidation sites excluding steroid dienone is 1. The Morgan fingerprint density at radius 3 is 2.85 bits per heavy atom. The normalized spacial score (nSPS) is 17.3. The maximum absolute atomic E-state index is 13.2. The van der Waals surface area contributed by atoms with Crippen molar-refractivity contribution in [2.75, 3.05) is 5.75 Å². The molecule has 26 heavy (non-hydrogen) atoms. The number of aromatic nitrogens is 2. The van der Waals surface area contributed by atoms with E-state index in [1.54, 1.807) is 22.0 Å². The number of hydrogen-bond acceptors (Lipinski definition) is 5. The number of thiophene rings is 1. The summed E-state index contributed by atoms with van der Waals surface area (Å²) in [7, 11) is 0. The molecule has 0 aromatic carbocycles. The topological polar surface area (TPSA) is 52.0 Å². The Kier molecular flexibility index (Phi) is 5.45. The quantitative estimate of drug-likeness (QED) is 0.429. The second-order valence-corrected chi connectivity index (χ2v) is 10.1. The standard InChI is InChI=1S/C20H26N2O2S2/c1-6-9-22-18(24)16-13-8-7-12(2)10-14(13)26-17(16)21-19(22)25-11-15(23)20(3,4)5/h6,12H,1,7-11H2,2-5H3. The fourth-order valence-electron chi connectivity index (χ4n) is 3.15. The number of hydrogen-bond donors (Lipinski definition) is 0. The minimum Gasteiger partial charge on any atom is -0.298 e. The molecule has 1 aliphatic carbocycles. The third kappa shape index (κ3) is 3.67. The monoisotopic (exact) mass is 390 g/mol. The van der Waals surface area contributed by atoms with Crippen LogP contribution in [0.25, 0.3) is 10.2 Å². The van der Waals surface area contributed by atoms with Crippen LogP contribution in [-0.2, 0) is 24.2 Å². The van der Waals surface area contributed by atoms with Crippen LogP contribution in [0.1, 0.15) is 44.6 Å². The molecule has 0 aliphatic heterocycles. The maximum Gasteiger partial charge on any atom is 0.263 e. The van der Waals surface area contributed by atoms with Crippen molar-refractivity contribution in [2.24, 2.45) is 11.3 Å². The summed E-state index contributed by atoms with van der Waals surface area (Å²) in [6.07, 6.45) is 4.82. The van der Waals surface area contributed by atoms with Crippen LogP contribution in [0.3, 0.4) is 0 Å². The van der Waals surface area contributed by atoms with E-state index in [4.69, 9.17) is 4.98 Å². The summed E-state index contributed by atoms with van der Waals surface area (Å²) in [5.74, 6) is 1.13. The predicted molar refractivity (Wildman–Crippen MR) is 110 cm³/mol. The Bertz CT molecular complexity index is 919. The Labute approximate surface area is 162 Å². The smallest absolute Gasteiger partial charge is 0.263 e. The van der Waals surface area contributed by atoms with Gasteiger partial charge in [0.05, 0.1) is 11.1 Å². The fourth-order valence-corrected chi connectivity index (χ4v) is 5.74. The summed E-state index contributed by atoms with van der Waals surface area (Å²) in [6, 6.07) is 0. The first kappa shape index (κ1) is 19.4. The highest BCUT2D eigenvalue weighted by Gasteiger charge is 2.26. The second kappa shape index (κ2) is 7.31. The van der Waals surface area contributed by atoms with Crippen LogP contribution in [0, 0.1) is 11.3 Å². The van der Waals surface area contributed by atoms with Gasteiger partial charge in [0, 0.05) is 16.8 Å². The minimum atomic E-state index is -0.390. The lowest BCUT2D eigenvalue weighted by molar-refractivity contribution is -0.123. The summed E-state index contributed by atoms with van der Waals surface area (Å²) in [5, 5.41) is 1.40. The molecule has 0 bridgehead atoms. The summed E-state index contributed by atoms with van der Waals surface area (Å²) in [5.41, 5.74) is 0.812. The molecule has 0 N–H and O–H groups in total. The minimum absolute atomic E-state index is 0.00709. The zero-order chi connectivity index (χ0) is 19.1. The van der Waals surface area contributed by atoms with E-state index in [0.29, 0.717) is 23.4 Å². The number of aryl methyl sites for hydroxylation is 1. The van der Waals surface area contributed by atoms with Crippen LogP contribution in [-0.4, -0.2) is 21.1 Å². The van der Waals surface area contributed by atoms with E-state index >= 15 is 0 Å². The molecule has 2 aromatic rings. The number of carbonyl (C=O) groups is 1. The number of Topliss-reactive ketones (excluding diaryl/α,β-unsaturated/α-hetero) is 1. The molecule has 1 unspecified atom stereocenters. The lowest BCUT2D eigenvalue weighted by Gasteiger charge is -2.18. The number of ketones is 1. The Morgan fingerprint density at radius 2 is 2.19 bits per heavy atom. The zero-order valence-electron chi connectivity index (χ0n) is 15.9. The van der Waals surface area contributed by atoms with E-state index in [-0.39, 0.29) is 11.3 Å². The van der Waals surface area contributed by atoms with Crippen LogP contribution in [0.2, 0.25) is 0 Å². The van der Waals surface area contributed by atoms with Crippen LogP contribution in [0.4, 0.5) is 0 Å². The highest BCUT2D eigenvalue weighted by atomic mass is 32.2. The molecule has 0 amide bonds. The van der Waals surface area contributed by atoms with Gasteiger partial charge < -0.3 is 0 Å². The van der Waals surface area contributed by atoms with Gasteiger partial charge in [-0.05, 0) is 30.7 Å². The predicted octanol–water partition coefficient (Wildman–Crippen LogP) is 4.48. The van der Waals surface area contributed by atoms with Crippen molar-refractivity contribution in [3.05, 3.63) is 33.4 Å². The third-order valence-electron chi connectivity index (χ3n) is 4.86. The molecular formula is C20H26N2O2S2. The molecule has 0 saturated heterocycles. The van der Waals surface area contributed by atoms with E-state index in [1.807, 2.05) is 20.8 Å². The van der Waals surface area contributed by atoms with E-state index in [9.17, 15) is 9.59 Å². The van der Waals surface area contributed by atoms with Crippen LogP contribution in [0.15, 0.2) is 22.6 Å². The van der Waals surface area contributed by atoms with Crippen molar-refractivity contribution in [2.45, 2.75) is 58.7 Å². The zero-order valence-corrected chi connectivity index (χ0v) is 17.6. The van der Waals surface area contributed by atoms with Crippen LogP contribution < -0.4 is 5.56 Å². The van der Waals surface area contributed by atoms with Gasteiger partial charge >= 0.3 is 0 Å². The van der Waals surface area contributed by atoms with E-state index in [2.05, 4.69) is 13.5 Å². The number of carbonyl (C=O) groups excluding carboxylic acids is 1. The van der Waals surface area contributed by atoms with Crippen molar-refractivity contribution in [3.63, 3.8) is 0 Å². The van der Waals surface area contributed by atoms with Gasteiger partial charge in [-0.3, -0.25) is 14.2 Å². The molecule has 0 fully saturated rings. The Morgan fingerprint density at radius 1 is 1.46 bits per heavy atom. The van der Waals surface area contributed by atoms with Gasteiger partial charge in [0.15, 0.2) is 5.16 Å². The number of nitrogens with zero attached hydrogens (tertiary/aromatic N) is 2. The number of thioether (sulfide) groups is 1. The van der Waals surface area contributed by atoms with Crippen molar-refractivity contribution in [3.8, 4) is 0 Å². The van der Waals surface area contributed by atoms with Gasteiger partial charge in [0.25, 0.3) is 5.56 Å². The van der Waals surface area contributed by atoms with Gasteiger partial charge in [-0.15, -0.1) is 17.9 Å². The van der Waals surface area contributed by atoms with Crippen molar-refractivity contribution in [1.82, 2.24) is 9.55 Å². The molecule has 1 atom stereocenters. The van der Waals surface area contributed by atoms with Crippen LogP contribution >= 0.6 is 23.1 Å². The molecule has 3 rings (SSSR count). The summed E-state index contributed by atoms with van der Waals surface area (Å²) in [4.78, 5) is 32.4. The lowest BCUT2D eigenvalue weighted by atomic mass is 9.89. The molecule has 4 nitrogen and oxygen atoms in total. The summed E-state index contributed by atoms with van der Waals surface area (Å²) < 4.78 is 1.67. The van der Waals surface area contributed by atoms with Gasteiger partial charge in [0.2, 0.25) is 0 Å². The SMILES string of the molecule is C=CCn1c(SCC(=O)C(C)(C)C)nc2sc3c(c2c1=O)CCC(C)C3. The highest BCUT2D eigenvalue weighted by Crippen LogP contribution is 2.36.